The van der Waals surface area contributed by atoms with Crippen LogP contribution in [0.25, 0.3) is 0 Å². The lowest BCUT2D eigenvalue weighted by Gasteiger charge is -2.15. The zero-order valence-corrected chi connectivity index (χ0v) is 12.7. The molecular weight excluding hydrogens is 295 g/mol. The fourth-order valence-corrected chi connectivity index (χ4v) is 2.30. The van der Waals surface area contributed by atoms with Gasteiger partial charge >= 0.3 is 0 Å². The van der Waals surface area contributed by atoms with Gasteiger partial charge in [-0.3, -0.25) is 0 Å². The average Bonchev–Trinajstić information content (AvgIpc) is 2.48. The highest BCUT2D eigenvalue weighted by molar-refractivity contribution is 6.42. The zero-order chi connectivity index (χ0) is 14.5. The smallest absolute Gasteiger partial charge is 0.125 e. The van der Waals surface area contributed by atoms with E-state index in [0.717, 1.165) is 11.1 Å². The van der Waals surface area contributed by atoms with Crippen molar-refractivity contribution < 1.29 is 9.84 Å². The van der Waals surface area contributed by atoms with E-state index in [1.807, 2.05) is 43.3 Å². The van der Waals surface area contributed by atoms with Crippen molar-refractivity contribution >= 4 is 23.2 Å². The van der Waals surface area contributed by atoms with Crippen LogP contribution < -0.4 is 4.74 Å². The molecule has 0 bridgehead atoms. The maximum absolute atomic E-state index is 9.98. The Morgan fingerprint density at radius 1 is 1.10 bits per heavy atom. The molecule has 0 saturated carbocycles. The molecule has 2 rings (SSSR count). The molecule has 0 aliphatic heterocycles. The molecule has 0 radical (unpaired) electrons. The van der Waals surface area contributed by atoms with E-state index in [1.165, 1.54) is 0 Å². The molecule has 0 aromatic heterocycles. The van der Waals surface area contributed by atoms with Crippen molar-refractivity contribution in [1.29, 1.82) is 0 Å². The second-order valence-electron chi connectivity index (χ2n) is 4.46. The number of aliphatic hydroxyl groups is 1. The van der Waals surface area contributed by atoms with E-state index in [4.69, 9.17) is 27.9 Å². The Bertz CT molecular complexity index is 584. The first-order valence-corrected chi connectivity index (χ1v) is 7.21. The lowest BCUT2D eigenvalue weighted by atomic mass is 10.1. The van der Waals surface area contributed by atoms with Crippen LogP contribution in [0.1, 0.15) is 30.6 Å². The van der Waals surface area contributed by atoms with Crippen molar-refractivity contribution in [2.24, 2.45) is 0 Å². The third kappa shape index (κ3) is 3.45. The number of para-hydroxylation sites is 1. The van der Waals surface area contributed by atoms with Crippen molar-refractivity contribution in [3.8, 4) is 5.75 Å². The lowest BCUT2D eigenvalue weighted by Crippen LogP contribution is -2.02. The molecular formula is C16H16Cl2O2. The Hall–Kier alpha value is -1.22. The first-order valence-electron chi connectivity index (χ1n) is 6.46. The monoisotopic (exact) mass is 310 g/mol. The van der Waals surface area contributed by atoms with Gasteiger partial charge in [-0.25, -0.2) is 0 Å². The van der Waals surface area contributed by atoms with Gasteiger partial charge in [0.15, 0.2) is 0 Å². The third-order valence-electron chi connectivity index (χ3n) is 3.08. The van der Waals surface area contributed by atoms with Crippen LogP contribution in [-0.4, -0.2) is 5.11 Å². The quantitative estimate of drug-likeness (QED) is 0.840. The molecule has 1 atom stereocenters. The second kappa shape index (κ2) is 6.98. The van der Waals surface area contributed by atoms with Crippen molar-refractivity contribution in [3.05, 3.63) is 63.6 Å². The van der Waals surface area contributed by atoms with Gasteiger partial charge in [-0.1, -0.05) is 60.5 Å². The fourth-order valence-electron chi connectivity index (χ4n) is 1.92. The minimum Gasteiger partial charge on any atom is -0.488 e. The maximum Gasteiger partial charge on any atom is 0.125 e. The van der Waals surface area contributed by atoms with E-state index < -0.39 is 6.10 Å². The first kappa shape index (κ1) is 15.2. The Morgan fingerprint density at radius 2 is 1.85 bits per heavy atom. The fraction of sp³-hybridized carbons (Fsp3) is 0.250. The molecule has 0 amide bonds. The van der Waals surface area contributed by atoms with Crippen molar-refractivity contribution in [1.82, 2.24) is 0 Å². The molecule has 0 spiro atoms. The number of rotatable bonds is 5. The van der Waals surface area contributed by atoms with Crippen LogP contribution in [-0.2, 0) is 6.61 Å². The Morgan fingerprint density at radius 3 is 2.60 bits per heavy atom. The molecule has 2 aromatic rings. The van der Waals surface area contributed by atoms with Crippen molar-refractivity contribution in [2.75, 3.05) is 0 Å². The molecule has 20 heavy (non-hydrogen) atoms. The van der Waals surface area contributed by atoms with E-state index in [1.54, 1.807) is 6.07 Å². The molecule has 1 unspecified atom stereocenters. The van der Waals surface area contributed by atoms with Crippen LogP contribution in [0.4, 0.5) is 0 Å². The van der Waals surface area contributed by atoms with Gasteiger partial charge in [-0.05, 0) is 18.6 Å². The lowest BCUT2D eigenvalue weighted by molar-refractivity contribution is 0.166. The van der Waals surface area contributed by atoms with Crippen LogP contribution in [0.5, 0.6) is 5.75 Å². The highest BCUT2D eigenvalue weighted by Crippen LogP contribution is 2.30. The number of halogens is 2. The summed E-state index contributed by atoms with van der Waals surface area (Å²) < 4.78 is 5.78. The van der Waals surface area contributed by atoms with E-state index in [9.17, 15) is 5.11 Å². The summed E-state index contributed by atoms with van der Waals surface area (Å²) in [6.07, 6.45) is 0.110. The molecule has 0 heterocycles. The number of benzene rings is 2. The average molecular weight is 311 g/mol. The van der Waals surface area contributed by atoms with E-state index in [0.29, 0.717) is 28.8 Å². The number of hydrogen-bond acceptors (Lipinski definition) is 2. The Labute approximate surface area is 128 Å². The number of ether oxygens (including phenoxy) is 1. The highest BCUT2D eigenvalue weighted by Gasteiger charge is 2.12. The highest BCUT2D eigenvalue weighted by atomic mass is 35.5. The summed E-state index contributed by atoms with van der Waals surface area (Å²) in [6.45, 7) is 2.24. The summed E-state index contributed by atoms with van der Waals surface area (Å²) in [5.74, 6) is 0.665. The van der Waals surface area contributed by atoms with Crippen LogP contribution in [0, 0.1) is 0 Å². The summed E-state index contributed by atoms with van der Waals surface area (Å²) in [4.78, 5) is 0. The van der Waals surface area contributed by atoms with E-state index in [2.05, 4.69) is 0 Å². The first-order chi connectivity index (χ1) is 9.63. The third-order valence-corrected chi connectivity index (χ3v) is 3.94. The summed E-state index contributed by atoms with van der Waals surface area (Å²) in [5.41, 5.74) is 1.60. The molecule has 1 N–H and O–H groups in total. The van der Waals surface area contributed by atoms with Crippen LogP contribution in [0.15, 0.2) is 42.5 Å². The van der Waals surface area contributed by atoms with E-state index in [-0.39, 0.29) is 0 Å². The molecule has 0 saturated heterocycles. The van der Waals surface area contributed by atoms with E-state index >= 15 is 0 Å². The summed E-state index contributed by atoms with van der Waals surface area (Å²) >= 11 is 12.1. The molecule has 0 aliphatic rings. The van der Waals surface area contributed by atoms with Gasteiger partial charge in [0, 0.05) is 11.1 Å². The van der Waals surface area contributed by atoms with Crippen molar-refractivity contribution in [2.45, 2.75) is 26.1 Å². The Kier molecular flexibility index (Phi) is 5.30. The SMILES string of the molecule is CCC(O)c1ccccc1OCc1cccc(Cl)c1Cl. The Balaban J connectivity index is 2.17. The topological polar surface area (TPSA) is 29.5 Å². The summed E-state index contributed by atoms with van der Waals surface area (Å²) in [5, 5.41) is 11.0. The molecule has 0 fully saturated rings. The van der Waals surface area contributed by atoms with Gasteiger partial charge in [0.05, 0.1) is 16.1 Å². The minimum atomic E-state index is -0.527. The molecule has 0 aliphatic carbocycles. The second-order valence-corrected chi connectivity index (χ2v) is 5.25. The molecule has 2 aromatic carbocycles. The van der Waals surface area contributed by atoms with Gasteiger partial charge in [0.1, 0.15) is 12.4 Å². The van der Waals surface area contributed by atoms with Gasteiger partial charge in [-0.15, -0.1) is 0 Å². The molecule has 106 valence electrons. The van der Waals surface area contributed by atoms with Crippen LogP contribution in [0.3, 0.4) is 0 Å². The van der Waals surface area contributed by atoms with Gasteiger partial charge in [0.2, 0.25) is 0 Å². The standard InChI is InChI=1S/C16H16Cl2O2/c1-2-14(19)12-7-3-4-9-15(12)20-10-11-6-5-8-13(17)16(11)18/h3-9,14,19H,2,10H2,1H3. The van der Waals surface area contributed by atoms with Crippen LogP contribution in [0.2, 0.25) is 10.0 Å². The predicted octanol–water partition coefficient (Wildman–Crippen LogP) is 5.02. The van der Waals surface area contributed by atoms with Gasteiger partial charge in [0.25, 0.3) is 0 Å². The summed E-state index contributed by atoms with van der Waals surface area (Å²) in [6, 6.07) is 12.9. The van der Waals surface area contributed by atoms with Gasteiger partial charge < -0.3 is 9.84 Å². The van der Waals surface area contributed by atoms with Gasteiger partial charge in [-0.2, -0.15) is 0 Å². The normalized spacial score (nSPS) is 12.2. The van der Waals surface area contributed by atoms with Crippen LogP contribution >= 0.6 is 23.2 Å². The molecule has 2 nitrogen and oxygen atoms in total. The largest absolute Gasteiger partial charge is 0.488 e. The zero-order valence-electron chi connectivity index (χ0n) is 11.1. The van der Waals surface area contributed by atoms with Crippen molar-refractivity contribution in [3.63, 3.8) is 0 Å². The predicted molar refractivity (Wildman–Crippen MR) is 82.5 cm³/mol. The maximum atomic E-state index is 9.98. The number of aliphatic hydroxyl groups excluding tert-OH is 1. The molecule has 4 heteroatoms. The minimum absolute atomic E-state index is 0.312. The number of hydrogen-bond donors (Lipinski definition) is 1. The summed E-state index contributed by atoms with van der Waals surface area (Å²) in [7, 11) is 0.